The number of ether oxygens (including phenoxy) is 3. The molecule has 2 aromatic carbocycles. The number of pyridine rings is 1. The van der Waals surface area contributed by atoms with Crippen molar-refractivity contribution in [1.29, 1.82) is 0 Å². The number of aromatic amines is 2. The number of rotatable bonds is 5. The summed E-state index contributed by atoms with van der Waals surface area (Å²) in [6.45, 7) is 3.95. The van der Waals surface area contributed by atoms with E-state index in [0.717, 1.165) is 22.0 Å². The van der Waals surface area contributed by atoms with Crippen LogP contribution in [0.5, 0.6) is 5.88 Å². The van der Waals surface area contributed by atoms with E-state index in [-0.39, 0.29) is 11.7 Å². The van der Waals surface area contributed by atoms with Gasteiger partial charge in [0.05, 0.1) is 60.1 Å². The van der Waals surface area contributed by atoms with E-state index in [2.05, 4.69) is 20.2 Å². The normalized spacial score (nSPS) is 16.0. The van der Waals surface area contributed by atoms with Gasteiger partial charge >= 0.3 is 0 Å². The van der Waals surface area contributed by atoms with Crippen LogP contribution in [0, 0.1) is 6.92 Å². The second-order valence-electron chi connectivity index (χ2n) is 8.67. The largest absolute Gasteiger partial charge is 0.475 e. The molecule has 1 aliphatic heterocycles. The first-order chi connectivity index (χ1) is 17.6. The summed E-state index contributed by atoms with van der Waals surface area (Å²) in [5.74, 6) is 0.436. The minimum Gasteiger partial charge on any atom is -0.475 e. The van der Waals surface area contributed by atoms with Gasteiger partial charge in [0.2, 0.25) is 5.88 Å². The van der Waals surface area contributed by atoms with Crippen molar-refractivity contribution in [1.82, 2.24) is 25.1 Å². The van der Waals surface area contributed by atoms with Gasteiger partial charge in [0.25, 0.3) is 5.56 Å². The molecule has 0 bridgehead atoms. The summed E-state index contributed by atoms with van der Waals surface area (Å²) in [6.07, 6.45) is 2.99. The molecule has 5 aromatic rings. The van der Waals surface area contributed by atoms with E-state index in [1.165, 1.54) is 6.33 Å². The molecule has 1 fully saturated rings. The molecule has 1 saturated heterocycles. The van der Waals surface area contributed by atoms with Crippen molar-refractivity contribution in [3.63, 3.8) is 0 Å². The summed E-state index contributed by atoms with van der Waals surface area (Å²) < 4.78 is 17.0. The third-order valence-electron chi connectivity index (χ3n) is 6.36. The number of hydrogen-bond donors (Lipinski definition) is 3. The predicted molar refractivity (Wildman–Crippen MR) is 136 cm³/mol. The van der Waals surface area contributed by atoms with E-state index >= 15 is 0 Å². The van der Waals surface area contributed by atoms with Crippen molar-refractivity contribution in [3.05, 3.63) is 64.8 Å². The zero-order valence-electron chi connectivity index (χ0n) is 19.6. The Hall–Kier alpha value is -4.28. The van der Waals surface area contributed by atoms with Crippen LogP contribution in [0.15, 0.2) is 53.7 Å². The van der Waals surface area contributed by atoms with Crippen LogP contribution in [0.25, 0.3) is 44.2 Å². The molecule has 0 radical (unpaired) electrons. The fraction of sp³-hybridized carbons (Fsp3) is 0.231. The maximum Gasteiger partial charge on any atom is 0.260 e. The molecule has 1 atom stereocenters. The molecule has 4 N–H and O–H groups in total. The van der Waals surface area contributed by atoms with Gasteiger partial charge in [0.1, 0.15) is 12.7 Å². The average molecular weight is 485 g/mol. The molecule has 0 unspecified atom stereocenters. The number of fused-ring (bicyclic) bond motifs is 2. The van der Waals surface area contributed by atoms with Crippen molar-refractivity contribution in [2.45, 2.75) is 13.0 Å². The standard InChI is InChI=1S/C26H24N6O4/c1-14-5-6-20-18(10-30-32-20)22(14)17-9-16(25-23(24(17)27)26(33)29-13-28-25)19-3-2-4-21(31-19)36-12-15-11-34-7-8-35-15/h2-6,9-10,13,15H,7-8,11-12,27H2,1H3,(H,30,32)(H,28,29,33)/t15-/m0/s1. The average Bonchev–Trinajstić information content (AvgIpc) is 3.38. The number of aromatic nitrogens is 5. The lowest BCUT2D eigenvalue weighted by Gasteiger charge is -2.22. The van der Waals surface area contributed by atoms with E-state index < -0.39 is 0 Å². The fourth-order valence-corrected chi connectivity index (χ4v) is 4.62. The Morgan fingerprint density at radius 1 is 1.19 bits per heavy atom. The number of aryl methyl sites for hydroxylation is 1. The third kappa shape index (κ3) is 3.86. The summed E-state index contributed by atoms with van der Waals surface area (Å²) in [6, 6.07) is 11.4. The first kappa shape index (κ1) is 22.2. The van der Waals surface area contributed by atoms with E-state index in [1.54, 1.807) is 12.3 Å². The van der Waals surface area contributed by atoms with Gasteiger partial charge in [-0.1, -0.05) is 12.1 Å². The van der Waals surface area contributed by atoms with Gasteiger partial charge in [-0.25, -0.2) is 9.97 Å². The van der Waals surface area contributed by atoms with Crippen LogP contribution in [0.2, 0.25) is 0 Å². The van der Waals surface area contributed by atoms with Crippen molar-refractivity contribution in [2.24, 2.45) is 0 Å². The van der Waals surface area contributed by atoms with Gasteiger partial charge in [-0.15, -0.1) is 0 Å². The lowest BCUT2D eigenvalue weighted by molar-refractivity contribution is -0.102. The van der Waals surface area contributed by atoms with Crippen LogP contribution in [0.4, 0.5) is 5.69 Å². The molecule has 4 heterocycles. The number of H-pyrrole nitrogens is 2. The lowest BCUT2D eigenvalue weighted by atomic mass is 9.91. The van der Waals surface area contributed by atoms with Gasteiger partial charge in [-0.05, 0) is 36.2 Å². The quantitative estimate of drug-likeness (QED) is 0.323. The second-order valence-corrected chi connectivity index (χ2v) is 8.67. The van der Waals surface area contributed by atoms with Gasteiger partial charge in [-0.2, -0.15) is 5.10 Å². The van der Waals surface area contributed by atoms with E-state index in [0.29, 0.717) is 65.7 Å². The lowest BCUT2D eigenvalue weighted by Crippen LogP contribution is -2.33. The number of nitrogens with two attached hydrogens (primary N) is 1. The number of nitrogen functional groups attached to an aromatic ring is 1. The second kappa shape index (κ2) is 9.06. The molecule has 10 heteroatoms. The van der Waals surface area contributed by atoms with E-state index in [9.17, 15) is 4.79 Å². The number of nitrogens with one attached hydrogen (secondary N) is 2. The van der Waals surface area contributed by atoms with E-state index in [1.807, 2.05) is 37.3 Å². The first-order valence-electron chi connectivity index (χ1n) is 11.6. The zero-order valence-corrected chi connectivity index (χ0v) is 19.6. The summed E-state index contributed by atoms with van der Waals surface area (Å²) >= 11 is 0. The Bertz CT molecular complexity index is 1640. The van der Waals surface area contributed by atoms with Crippen molar-refractivity contribution in [2.75, 3.05) is 32.2 Å². The van der Waals surface area contributed by atoms with Crippen LogP contribution < -0.4 is 16.0 Å². The van der Waals surface area contributed by atoms with Crippen LogP contribution in [0.1, 0.15) is 5.56 Å². The summed E-state index contributed by atoms with van der Waals surface area (Å²) in [7, 11) is 0. The van der Waals surface area contributed by atoms with Crippen LogP contribution in [0.3, 0.4) is 0 Å². The molecule has 36 heavy (non-hydrogen) atoms. The van der Waals surface area contributed by atoms with Crippen molar-refractivity contribution < 1.29 is 14.2 Å². The molecule has 182 valence electrons. The van der Waals surface area contributed by atoms with Gasteiger partial charge in [0, 0.05) is 22.6 Å². The fourth-order valence-electron chi connectivity index (χ4n) is 4.62. The Labute approximate surface area is 205 Å². The van der Waals surface area contributed by atoms with Crippen LogP contribution in [-0.2, 0) is 9.47 Å². The maximum absolute atomic E-state index is 12.9. The molecule has 0 amide bonds. The van der Waals surface area contributed by atoms with Gasteiger partial charge in [0.15, 0.2) is 0 Å². The summed E-state index contributed by atoms with van der Waals surface area (Å²) in [4.78, 5) is 24.8. The molecule has 6 rings (SSSR count). The highest BCUT2D eigenvalue weighted by Gasteiger charge is 2.21. The monoisotopic (exact) mass is 484 g/mol. The molecule has 0 aliphatic carbocycles. The Balaban J connectivity index is 1.51. The molecular formula is C26H24N6O4. The minimum atomic E-state index is -0.320. The van der Waals surface area contributed by atoms with Crippen LogP contribution >= 0.6 is 0 Å². The predicted octanol–water partition coefficient (Wildman–Crippen LogP) is 3.21. The number of anilines is 1. The molecular weight excluding hydrogens is 460 g/mol. The number of nitrogens with zero attached hydrogens (tertiary/aromatic N) is 3. The molecule has 10 nitrogen and oxygen atoms in total. The number of benzene rings is 2. The Kier molecular flexibility index (Phi) is 5.59. The highest BCUT2D eigenvalue weighted by atomic mass is 16.6. The topological polar surface area (TPSA) is 141 Å². The maximum atomic E-state index is 12.9. The highest BCUT2D eigenvalue weighted by molar-refractivity contribution is 6.09. The zero-order chi connectivity index (χ0) is 24.6. The number of hydrogen-bond acceptors (Lipinski definition) is 8. The molecule has 3 aromatic heterocycles. The third-order valence-corrected chi connectivity index (χ3v) is 6.36. The highest BCUT2D eigenvalue weighted by Crippen LogP contribution is 2.40. The smallest absolute Gasteiger partial charge is 0.260 e. The van der Waals surface area contributed by atoms with Gasteiger partial charge in [-0.3, -0.25) is 9.89 Å². The molecule has 0 saturated carbocycles. The minimum absolute atomic E-state index is 0.146. The van der Waals surface area contributed by atoms with Crippen molar-refractivity contribution >= 4 is 27.5 Å². The van der Waals surface area contributed by atoms with E-state index in [4.69, 9.17) is 24.9 Å². The Morgan fingerprint density at radius 2 is 2.11 bits per heavy atom. The van der Waals surface area contributed by atoms with Gasteiger partial charge < -0.3 is 24.9 Å². The first-order valence-corrected chi connectivity index (χ1v) is 11.6. The summed E-state index contributed by atoms with van der Waals surface area (Å²) in [5, 5.41) is 8.42. The Morgan fingerprint density at radius 3 is 2.97 bits per heavy atom. The molecule has 0 spiro atoms. The SMILES string of the molecule is Cc1ccc2[nH]ncc2c1-c1cc(-c2cccc(OC[C@@H]3COCCO3)n2)c2nc[nH]c(=O)c2c1N. The summed E-state index contributed by atoms with van der Waals surface area (Å²) in [5.41, 5.74) is 11.9. The van der Waals surface area contributed by atoms with Crippen LogP contribution in [-0.4, -0.2) is 57.7 Å². The molecule has 1 aliphatic rings. The van der Waals surface area contributed by atoms with Crippen molar-refractivity contribution in [3.8, 4) is 28.3 Å².